The van der Waals surface area contributed by atoms with Crippen molar-refractivity contribution in [3.8, 4) is 0 Å². The molecule has 0 atom stereocenters. The number of aliphatic imine (C=N–C) groups is 1. The number of rotatable bonds is 0. The lowest BCUT2D eigenvalue weighted by Gasteiger charge is -2.07. The van der Waals surface area contributed by atoms with E-state index in [0.717, 1.165) is 68.9 Å². The van der Waals surface area contributed by atoms with Gasteiger partial charge in [-0.25, -0.2) is 0 Å². The maximum absolute atomic E-state index is 6.11. The Morgan fingerprint density at radius 3 is 2.06 bits per heavy atom. The first-order chi connectivity index (χ1) is 16.8. The lowest BCUT2D eigenvalue weighted by Crippen LogP contribution is -1.94. The first kappa shape index (κ1) is 29.5. The maximum atomic E-state index is 6.11. The Bertz CT molecular complexity index is 1470. The molecule has 0 aliphatic carbocycles. The van der Waals surface area contributed by atoms with Crippen molar-refractivity contribution in [1.82, 2.24) is 9.78 Å². The molecule has 1 aromatic heterocycles. The molecule has 190 valence electrons. The van der Waals surface area contributed by atoms with Crippen LogP contribution >= 0.6 is 82.6 Å². The van der Waals surface area contributed by atoms with Crippen LogP contribution in [0.25, 0.3) is 10.9 Å². The van der Waals surface area contributed by atoms with Gasteiger partial charge in [-0.05, 0) is 122 Å². The second kappa shape index (κ2) is 12.2. The SMILES string of the molecule is Cc1cc(Br)c(Cl)c(C)c1N.Cc1cc(Br)c(Cl)c2c1CN=C2.Cc1cc(Br)c(Cl)c2cn(C)nc12. The van der Waals surface area contributed by atoms with Gasteiger partial charge in [-0.15, -0.1) is 0 Å². The Kier molecular flexibility index (Phi) is 9.97. The zero-order valence-electron chi connectivity index (χ0n) is 20.3. The number of hydrogen-bond donors (Lipinski definition) is 1. The Morgan fingerprint density at radius 1 is 0.833 bits per heavy atom. The number of fused-ring (bicyclic) bond motifs is 2. The van der Waals surface area contributed by atoms with Gasteiger partial charge in [0.1, 0.15) is 0 Å². The minimum absolute atomic E-state index is 0.702. The zero-order chi connectivity index (χ0) is 26.9. The van der Waals surface area contributed by atoms with Gasteiger partial charge in [-0.1, -0.05) is 34.8 Å². The fourth-order valence-corrected chi connectivity index (χ4v) is 6.02. The van der Waals surface area contributed by atoms with Gasteiger partial charge < -0.3 is 5.73 Å². The van der Waals surface area contributed by atoms with Crippen LogP contribution in [-0.4, -0.2) is 16.0 Å². The van der Waals surface area contributed by atoms with Crippen molar-refractivity contribution >= 4 is 105 Å². The molecule has 10 heteroatoms. The van der Waals surface area contributed by atoms with Crippen LogP contribution in [0.3, 0.4) is 0 Å². The molecule has 2 N–H and O–H groups in total. The molecule has 1 aliphatic heterocycles. The predicted octanol–water partition coefficient (Wildman–Crippen LogP) is 9.94. The summed E-state index contributed by atoms with van der Waals surface area (Å²) in [5.74, 6) is 0. The summed E-state index contributed by atoms with van der Waals surface area (Å²) < 4.78 is 4.56. The van der Waals surface area contributed by atoms with Gasteiger partial charge in [0.2, 0.25) is 0 Å². The predicted molar refractivity (Wildman–Crippen MR) is 166 cm³/mol. The fourth-order valence-electron chi connectivity index (χ4n) is 3.70. The number of hydrogen-bond acceptors (Lipinski definition) is 3. The van der Waals surface area contributed by atoms with Gasteiger partial charge in [0.15, 0.2) is 0 Å². The molecule has 0 unspecified atom stereocenters. The second-order valence-electron chi connectivity index (χ2n) is 8.43. The van der Waals surface area contributed by atoms with Crippen molar-refractivity contribution in [2.45, 2.75) is 34.2 Å². The first-order valence-corrected chi connectivity index (χ1v) is 14.3. The van der Waals surface area contributed by atoms with Crippen LogP contribution in [0.15, 0.2) is 42.8 Å². The minimum atomic E-state index is 0.702. The summed E-state index contributed by atoms with van der Waals surface area (Å²) in [6, 6.07) is 5.94. The van der Waals surface area contributed by atoms with Crippen LogP contribution < -0.4 is 5.73 Å². The number of anilines is 1. The molecule has 3 aromatic carbocycles. The minimum Gasteiger partial charge on any atom is -0.398 e. The Balaban J connectivity index is 0.000000151. The van der Waals surface area contributed by atoms with Crippen molar-refractivity contribution in [3.63, 3.8) is 0 Å². The molecule has 4 nitrogen and oxygen atoms in total. The highest BCUT2D eigenvalue weighted by molar-refractivity contribution is 9.11. The highest BCUT2D eigenvalue weighted by Crippen LogP contribution is 2.34. The summed E-state index contributed by atoms with van der Waals surface area (Å²) in [4.78, 5) is 4.18. The van der Waals surface area contributed by atoms with E-state index >= 15 is 0 Å². The number of aromatic nitrogens is 2. The molecule has 2 heterocycles. The number of nitrogen functional groups attached to an aromatic ring is 1. The van der Waals surface area contributed by atoms with Crippen molar-refractivity contribution in [3.05, 3.63) is 86.3 Å². The van der Waals surface area contributed by atoms with Gasteiger partial charge >= 0.3 is 0 Å². The van der Waals surface area contributed by atoms with E-state index in [2.05, 4.69) is 64.8 Å². The summed E-state index contributed by atoms with van der Waals surface area (Å²) >= 11 is 28.3. The van der Waals surface area contributed by atoms with Gasteiger partial charge in [0, 0.05) is 49.5 Å². The van der Waals surface area contributed by atoms with Crippen molar-refractivity contribution in [1.29, 1.82) is 0 Å². The van der Waals surface area contributed by atoms with E-state index in [1.165, 1.54) is 11.1 Å². The molecule has 0 fully saturated rings. The normalized spacial score (nSPS) is 11.6. The van der Waals surface area contributed by atoms with Crippen LogP contribution in [0.4, 0.5) is 5.69 Å². The number of aryl methyl sites for hydroxylation is 4. The maximum Gasteiger partial charge on any atom is 0.0968 e. The summed E-state index contributed by atoms with van der Waals surface area (Å²) in [5.41, 5.74) is 14.2. The molecule has 0 bridgehead atoms. The Hall–Kier alpha value is -1.09. The molecule has 5 rings (SSSR count). The van der Waals surface area contributed by atoms with Crippen LogP contribution in [-0.2, 0) is 13.6 Å². The van der Waals surface area contributed by atoms with Crippen molar-refractivity contribution in [2.75, 3.05) is 5.73 Å². The first-order valence-electron chi connectivity index (χ1n) is 10.8. The molecule has 4 aromatic rings. The monoisotopic (exact) mass is 734 g/mol. The van der Waals surface area contributed by atoms with Crippen LogP contribution in [0.2, 0.25) is 15.1 Å². The summed E-state index contributed by atoms with van der Waals surface area (Å²) in [5, 5.41) is 7.53. The van der Waals surface area contributed by atoms with Gasteiger partial charge in [-0.2, -0.15) is 5.10 Å². The van der Waals surface area contributed by atoms with E-state index in [-0.39, 0.29) is 0 Å². The molecule has 36 heavy (non-hydrogen) atoms. The lowest BCUT2D eigenvalue weighted by atomic mass is 10.0. The third-order valence-corrected chi connectivity index (χ3v) is 9.63. The van der Waals surface area contributed by atoms with Gasteiger partial charge in [-0.3, -0.25) is 9.67 Å². The van der Waals surface area contributed by atoms with Crippen molar-refractivity contribution < 1.29 is 0 Å². The molecular weight excluding hydrogens is 714 g/mol. The number of halogens is 6. The number of nitrogens with two attached hydrogens (primary N) is 1. The molecule has 0 saturated carbocycles. The molecule has 1 aliphatic rings. The smallest absolute Gasteiger partial charge is 0.0968 e. The zero-order valence-corrected chi connectivity index (χ0v) is 27.3. The molecule has 0 saturated heterocycles. The highest BCUT2D eigenvalue weighted by Gasteiger charge is 2.15. The second-order valence-corrected chi connectivity index (χ2v) is 12.1. The van der Waals surface area contributed by atoms with Crippen LogP contribution in [0, 0.1) is 27.7 Å². The standard InChI is InChI=1S/C9H8BrClN2.C9H7BrClN.C8H9BrClN/c1-5-3-7(10)8(11)6-4-13(2)12-9(5)6;1-5-2-8(10)9(11)7-4-12-3-6(5)7;1-4-3-6(9)7(10)5(2)8(4)11/h3-4H,1-2H3;2,4H,3H2,1H3;3H,11H2,1-2H3. The topological polar surface area (TPSA) is 56.2 Å². The third kappa shape index (κ3) is 6.30. The summed E-state index contributed by atoms with van der Waals surface area (Å²) in [6.07, 6.45) is 3.77. The van der Waals surface area contributed by atoms with E-state index < -0.39 is 0 Å². The van der Waals surface area contributed by atoms with Crippen molar-refractivity contribution in [2.24, 2.45) is 12.0 Å². The highest BCUT2D eigenvalue weighted by atomic mass is 79.9. The molecule has 0 radical (unpaired) electrons. The molecule has 0 spiro atoms. The van der Waals surface area contributed by atoms with E-state index in [0.29, 0.717) is 5.02 Å². The van der Waals surface area contributed by atoms with Gasteiger partial charge in [0.05, 0.1) is 27.1 Å². The average molecular weight is 739 g/mol. The summed E-state index contributed by atoms with van der Waals surface area (Å²) in [6.45, 7) is 8.75. The van der Waals surface area contributed by atoms with Crippen LogP contribution in [0.1, 0.15) is 33.4 Å². The number of nitrogens with zero attached hydrogens (tertiary/aromatic N) is 3. The third-order valence-electron chi connectivity index (χ3n) is 5.76. The number of benzene rings is 3. The van der Waals surface area contributed by atoms with E-state index in [9.17, 15) is 0 Å². The quantitative estimate of drug-likeness (QED) is 0.183. The van der Waals surface area contributed by atoms with E-state index in [1.807, 2.05) is 58.4 Å². The van der Waals surface area contributed by atoms with E-state index in [4.69, 9.17) is 40.5 Å². The largest absolute Gasteiger partial charge is 0.398 e. The fraction of sp³-hybridized carbons (Fsp3) is 0.231. The Labute approximate surface area is 251 Å². The lowest BCUT2D eigenvalue weighted by molar-refractivity contribution is 0.779. The average Bonchev–Trinajstić information content (AvgIpc) is 3.47. The molecule has 0 amide bonds. The summed E-state index contributed by atoms with van der Waals surface area (Å²) in [7, 11) is 1.89. The van der Waals surface area contributed by atoms with Crippen LogP contribution in [0.5, 0.6) is 0 Å². The van der Waals surface area contributed by atoms with Gasteiger partial charge in [0.25, 0.3) is 0 Å². The van der Waals surface area contributed by atoms with E-state index in [1.54, 1.807) is 4.68 Å². The molecular formula is C26H24Br3Cl3N4. The Morgan fingerprint density at radius 2 is 1.39 bits per heavy atom.